The average Bonchev–Trinajstić information content (AvgIpc) is 2.31. The number of carbonyl (C=O) groups excluding carboxylic acids is 1. The van der Waals surface area contributed by atoms with Crippen LogP contribution in [0.25, 0.3) is 0 Å². The van der Waals surface area contributed by atoms with Gasteiger partial charge in [-0.15, -0.1) is 0 Å². The van der Waals surface area contributed by atoms with Gasteiger partial charge in [0.2, 0.25) is 0 Å². The van der Waals surface area contributed by atoms with E-state index in [1.807, 2.05) is 0 Å². The number of halogens is 1. The third-order valence-corrected chi connectivity index (χ3v) is 3.53. The highest BCUT2D eigenvalue weighted by atomic mass is 79.9. The fraction of sp³-hybridized carbons (Fsp3) is 0.917. The predicted octanol–water partition coefficient (Wildman–Crippen LogP) is 2.82. The minimum Gasteiger partial charge on any atom is -0.468 e. The number of nitrogens with zero attached hydrogens (tertiary/aromatic N) is 1. The van der Waals surface area contributed by atoms with Crippen molar-refractivity contribution in [2.75, 3.05) is 20.2 Å². The highest BCUT2D eigenvalue weighted by Gasteiger charge is 2.21. The lowest BCUT2D eigenvalue weighted by Crippen LogP contribution is -2.40. The second-order valence-corrected chi connectivity index (χ2v) is 5.20. The van der Waals surface area contributed by atoms with Crippen molar-refractivity contribution in [2.24, 2.45) is 0 Å². The normalized spacial score (nSPS) is 14.9. The van der Waals surface area contributed by atoms with E-state index in [1.54, 1.807) is 0 Å². The van der Waals surface area contributed by atoms with E-state index in [1.165, 1.54) is 20.0 Å². The van der Waals surface area contributed by atoms with Crippen LogP contribution in [-0.4, -0.2) is 41.9 Å². The Labute approximate surface area is 108 Å². The molecule has 0 spiro atoms. The van der Waals surface area contributed by atoms with Crippen molar-refractivity contribution in [1.29, 1.82) is 0 Å². The van der Waals surface area contributed by atoms with Crippen molar-refractivity contribution in [3.8, 4) is 0 Å². The highest BCUT2D eigenvalue weighted by Crippen LogP contribution is 2.11. The van der Waals surface area contributed by atoms with Gasteiger partial charge in [-0.05, 0) is 26.3 Å². The first-order valence-electron chi connectivity index (χ1n) is 6.02. The van der Waals surface area contributed by atoms with E-state index in [4.69, 9.17) is 4.74 Å². The summed E-state index contributed by atoms with van der Waals surface area (Å²) in [6.45, 7) is 8.32. The summed E-state index contributed by atoms with van der Waals surface area (Å²) in [5, 5.41) is 0. The number of hydrogen-bond donors (Lipinski definition) is 0. The van der Waals surface area contributed by atoms with Gasteiger partial charge in [-0.3, -0.25) is 9.69 Å². The Balaban J connectivity index is 4.23. The molecule has 4 heteroatoms. The van der Waals surface area contributed by atoms with E-state index >= 15 is 0 Å². The number of esters is 1. The zero-order valence-corrected chi connectivity index (χ0v) is 12.4. The fourth-order valence-electron chi connectivity index (χ4n) is 1.52. The van der Waals surface area contributed by atoms with Crippen molar-refractivity contribution in [1.82, 2.24) is 4.90 Å². The number of unbranched alkanes of at least 4 members (excludes halogenated alkanes) is 1. The largest absolute Gasteiger partial charge is 0.468 e. The maximum atomic E-state index is 11.3. The third kappa shape index (κ3) is 5.85. The molecule has 0 aliphatic heterocycles. The summed E-state index contributed by atoms with van der Waals surface area (Å²) in [4.78, 5) is 13.5. The van der Waals surface area contributed by atoms with Gasteiger partial charge in [-0.25, -0.2) is 0 Å². The van der Waals surface area contributed by atoms with Gasteiger partial charge >= 0.3 is 5.97 Å². The van der Waals surface area contributed by atoms with E-state index < -0.39 is 0 Å². The molecular formula is C12H24BrNO2. The zero-order chi connectivity index (χ0) is 12.6. The van der Waals surface area contributed by atoms with Gasteiger partial charge in [-0.2, -0.15) is 0 Å². The monoisotopic (exact) mass is 293 g/mol. The number of rotatable bonds is 8. The predicted molar refractivity (Wildman–Crippen MR) is 71.0 cm³/mol. The van der Waals surface area contributed by atoms with E-state index in [2.05, 4.69) is 41.6 Å². The molecule has 0 aromatic carbocycles. The van der Waals surface area contributed by atoms with Gasteiger partial charge in [0.1, 0.15) is 4.83 Å². The molecular weight excluding hydrogens is 270 g/mol. The molecule has 0 heterocycles. The number of ether oxygens (including phenoxy) is 1. The Morgan fingerprint density at radius 2 is 2.06 bits per heavy atom. The van der Waals surface area contributed by atoms with Crippen molar-refractivity contribution in [3.63, 3.8) is 0 Å². The average molecular weight is 294 g/mol. The summed E-state index contributed by atoms with van der Waals surface area (Å²) in [5.41, 5.74) is 0. The molecule has 0 saturated heterocycles. The summed E-state index contributed by atoms with van der Waals surface area (Å²) in [6.07, 6.45) is 3.45. The van der Waals surface area contributed by atoms with Crippen molar-refractivity contribution in [2.45, 2.75) is 50.9 Å². The molecule has 0 saturated carbocycles. The molecule has 2 unspecified atom stereocenters. The van der Waals surface area contributed by atoms with Gasteiger partial charge in [0.15, 0.2) is 0 Å². The minimum absolute atomic E-state index is 0.190. The quantitative estimate of drug-likeness (QED) is 0.509. The van der Waals surface area contributed by atoms with Gasteiger partial charge < -0.3 is 4.74 Å². The van der Waals surface area contributed by atoms with Crippen molar-refractivity contribution >= 4 is 21.9 Å². The first-order chi connectivity index (χ1) is 7.56. The summed E-state index contributed by atoms with van der Waals surface area (Å²) in [5.74, 6) is -0.190. The second kappa shape index (κ2) is 8.99. The maximum absolute atomic E-state index is 11.3. The summed E-state index contributed by atoms with van der Waals surface area (Å²) in [7, 11) is 1.43. The lowest BCUT2D eigenvalue weighted by Gasteiger charge is -2.29. The van der Waals surface area contributed by atoms with Crippen LogP contribution in [0.1, 0.15) is 40.0 Å². The van der Waals surface area contributed by atoms with Gasteiger partial charge in [-0.1, -0.05) is 36.2 Å². The van der Waals surface area contributed by atoms with Crippen molar-refractivity contribution < 1.29 is 9.53 Å². The van der Waals surface area contributed by atoms with E-state index in [0.717, 1.165) is 19.5 Å². The van der Waals surface area contributed by atoms with E-state index in [-0.39, 0.29) is 10.8 Å². The molecule has 96 valence electrons. The van der Waals surface area contributed by atoms with Gasteiger partial charge in [0.25, 0.3) is 0 Å². The molecule has 0 aliphatic carbocycles. The molecule has 0 fully saturated rings. The first kappa shape index (κ1) is 15.9. The van der Waals surface area contributed by atoms with Crippen LogP contribution in [0.4, 0.5) is 0 Å². The smallest absolute Gasteiger partial charge is 0.320 e. The SMILES string of the molecule is CCCCN(CC(Br)C(=O)OC)C(C)CC. The lowest BCUT2D eigenvalue weighted by molar-refractivity contribution is -0.140. The van der Waals surface area contributed by atoms with Crippen LogP contribution >= 0.6 is 15.9 Å². The van der Waals surface area contributed by atoms with Crippen LogP contribution in [0.2, 0.25) is 0 Å². The first-order valence-corrected chi connectivity index (χ1v) is 6.94. The van der Waals surface area contributed by atoms with Gasteiger partial charge in [0, 0.05) is 12.6 Å². The molecule has 0 N–H and O–H groups in total. The zero-order valence-electron chi connectivity index (χ0n) is 10.8. The second-order valence-electron chi connectivity index (χ2n) is 4.10. The molecule has 0 aromatic heterocycles. The minimum atomic E-state index is -0.219. The Morgan fingerprint density at radius 3 is 2.50 bits per heavy atom. The molecule has 0 amide bonds. The lowest BCUT2D eigenvalue weighted by atomic mass is 10.2. The number of methoxy groups -OCH3 is 1. The highest BCUT2D eigenvalue weighted by molar-refractivity contribution is 9.10. The summed E-state index contributed by atoms with van der Waals surface area (Å²) >= 11 is 3.38. The molecule has 3 nitrogen and oxygen atoms in total. The molecule has 16 heavy (non-hydrogen) atoms. The Kier molecular flexibility index (Phi) is 8.94. The van der Waals surface area contributed by atoms with Gasteiger partial charge in [0.05, 0.1) is 7.11 Å². The molecule has 0 rings (SSSR count). The van der Waals surface area contributed by atoms with Crippen LogP contribution in [-0.2, 0) is 9.53 Å². The summed E-state index contributed by atoms with van der Waals surface area (Å²) in [6, 6.07) is 0.510. The summed E-state index contributed by atoms with van der Waals surface area (Å²) < 4.78 is 4.72. The standard InChI is InChI=1S/C12H24BrNO2/c1-5-7-8-14(10(3)6-2)9-11(13)12(15)16-4/h10-11H,5-9H2,1-4H3. The fourth-order valence-corrected chi connectivity index (χ4v) is 2.08. The van der Waals surface area contributed by atoms with Crippen molar-refractivity contribution in [3.05, 3.63) is 0 Å². The van der Waals surface area contributed by atoms with E-state index in [9.17, 15) is 4.79 Å². The van der Waals surface area contributed by atoms with Crippen LogP contribution in [0.3, 0.4) is 0 Å². The Morgan fingerprint density at radius 1 is 1.44 bits per heavy atom. The van der Waals surface area contributed by atoms with Crippen LogP contribution in [0.15, 0.2) is 0 Å². The van der Waals surface area contributed by atoms with Crippen LogP contribution < -0.4 is 0 Å². The Hall–Kier alpha value is -0.0900. The molecule has 0 bridgehead atoms. The topological polar surface area (TPSA) is 29.5 Å². The number of hydrogen-bond acceptors (Lipinski definition) is 3. The molecule has 0 radical (unpaired) electrons. The van der Waals surface area contributed by atoms with E-state index in [0.29, 0.717) is 6.04 Å². The maximum Gasteiger partial charge on any atom is 0.320 e. The molecule has 2 atom stereocenters. The number of alkyl halides is 1. The third-order valence-electron chi connectivity index (χ3n) is 2.86. The Bertz CT molecular complexity index is 199. The van der Waals surface area contributed by atoms with Crippen LogP contribution in [0, 0.1) is 0 Å². The van der Waals surface area contributed by atoms with Crippen LogP contribution in [0.5, 0.6) is 0 Å². The number of carbonyl (C=O) groups is 1. The molecule has 0 aromatic rings. The molecule has 0 aliphatic rings.